The summed E-state index contributed by atoms with van der Waals surface area (Å²) >= 11 is 0. The first-order valence-electron chi connectivity index (χ1n) is 6.12. The number of hydrogen-bond donors (Lipinski definition) is 0. The van der Waals surface area contributed by atoms with Crippen molar-refractivity contribution in [3.05, 3.63) is 6.42 Å². The molecule has 0 N–H and O–H groups in total. The Kier molecular flexibility index (Phi) is 10.1. The van der Waals surface area contributed by atoms with Crippen molar-refractivity contribution >= 4 is 0 Å². The van der Waals surface area contributed by atoms with Crippen molar-refractivity contribution in [2.45, 2.75) is 72.1 Å². The van der Waals surface area contributed by atoms with Gasteiger partial charge in [-0.05, 0) is 12.3 Å². The Morgan fingerprint density at radius 1 is 1.00 bits per heavy atom. The molecule has 0 amide bonds. The van der Waals surface area contributed by atoms with Crippen LogP contribution in [0.4, 0.5) is 0 Å². The fourth-order valence-corrected chi connectivity index (χ4v) is 1.83. The molecular weight excluding hydrogens is 156 g/mol. The Bertz CT molecular complexity index is 86.0. The highest BCUT2D eigenvalue weighted by Gasteiger charge is 2.04. The van der Waals surface area contributed by atoms with E-state index >= 15 is 0 Å². The number of rotatable bonds is 9. The van der Waals surface area contributed by atoms with Crippen LogP contribution in [0, 0.1) is 12.3 Å². The molecule has 0 aromatic heterocycles. The van der Waals surface area contributed by atoms with Crippen LogP contribution in [0.5, 0.6) is 0 Å². The second-order valence-electron chi connectivity index (χ2n) is 4.11. The van der Waals surface area contributed by atoms with Crippen molar-refractivity contribution in [3.63, 3.8) is 0 Å². The van der Waals surface area contributed by atoms with E-state index in [1.54, 1.807) is 0 Å². The molecule has 0 aliphatic rings. The molecule has 1 unspecified atom stereocenters. The predicted octanol–water partition coefficient (Wildman–Crippen LogP) is 4.99. The van der Waals surface area contributed by atoms with Gasteiger partial charge in [0.25, 0.3) is 0 Å². The van der Waals surface area contributed by atoms with Crippen LogP contribution in [0.3, 0.4) is 0 Å². The predicted molar refractivity (Wildman–Crippen MR) is 61.7 cm³/mol. The van der Waals surface area contributed by atoms with E-state index in [0.717, 1.165) is 5.92 Å². The second-order valence-corrected chi connectivity index (χ2v) is 4.11. The highest BCUT2D eigenvalue weighted by atomic mass is 14.1. The summed E-state index contributed by atoms with van der Waals surface area (Å²) in [5.41, 5.74) is 0. The monoisotopic (exact) mass is 183 g/mol. The summed E-state index contributed by atoms with van der Waals surface area (Å²) in [4.78, 5) is 0. The number of unbranched alkanes of at least 4 members (excludes halogenated alkanes) is 4. The summed E-state index contributed by atoms with van der Waals surface area (Å²) in [7, 11) is 0. The third kappa shape index (κ3) is 8.33. The lowest BCUT2D eigenvalue weighted by molar-refractivity contribution is 0.404. The van der Waals surface area contributed by atoms with Gasteiger partial charge in [0.15, 0.2) is 0 Å². The topological polar surface area (TPSA) is 0 Å². The van der Waals surface area contributed by atoms with Crippen LogP contribution in [-0.2, 0) is 0 Å². The molecule has 0 aliphatic carbocycles. The summed E-state index contributed by atoms with van der Waals surface area (Å²) < 4.78 is 0. The second kappa shape index (κ2) is 10.1. The van der Waals surface area contributed by atoms with Crippen LogP contribution < -0.4 is 0 Å². The average molecular weight is 183 g/mol. The van der Waals surface area contributed by atoms with Crippen molar-refractivity contribution < 1.29 is 0 Å². The Hall–Kier alpha value is 0. The molecule has 0 spiro atoms. The highest BCUT2D eigenvalue weighted by molar-refractivity contribution is 4.60. The van der Waals surface area contributed by atoms with Crippen molar-refractivity contribution in [1.82, 2.24) is 0 Å². The molecular formula is C13H27. The SMILES string of the molecule is C[CH]CCCCC(CC)CCCC. The molecule has 0 bridgehead atoms. The molecule has 1 atom stereocenters. The highest BCUT2D eigenvalue weighted by Crippen LogP contribution is 2.19. The normalized spacial score (nSPS) is 13.2. The Balaban J connectivity index is 3.25. The van der Waals surface area contributed by atoms with Crippen molar-refractivity contribution in [1.29, 1.82) is 0 Å². The zero-order valence-corrected chi connectivity index (χ0v) is 9.81. The van der Waals surface area contributed by atoms with Crippen molar-refractivity contribution in [3.8, 4) is 0 Å². The zero-order chi connectivity index (χ0) is 9.94. The molecule has 0 aliphatic heterocycles. The van der Waals surface area contributed by atoms with E-state index in [-0.39, 0.29) is 0 Å². The molecule has 0 fully saturated rings. The van der Waals surface area contributed by atoms with E-state index in [4.69, 9.17) is 0 Å². The van der Waals surface area contributed by atoms with Gasteiger partial charge in [-0.15, -0.1) is 0 Å². The molecule has 0 nitrogen and oxygen atoms in total. The van der Waals surface area contributed by atoms with E-state index in [1.165, 1.54) is 51.4 Å². The lowest BCUT2D eigenvalue weighted by Gasteiger charge is -2.13. The minimum Gasteiger partial charge on any atom is -0.0654 e. The van der Waals surface area contributed by atoms with E-state index in [0.29, 0.717) is 0 Å². The Labute approximate surface area is 85.1 Å². The van der Waals surface area contributed by atoms with E-state index in [2.05, 4.69) is 27.2 Å². The standard InChI is InChI=1S/C13H27/c1-4-7-9-10-12-13(6-3)11-8-5-2/h4,13H,5-12H2,1-3H3. The van der Waals surface area contributed by atoms with Crippen molar-refractivity contribution in [2.75, 3.05) is 0 Å². The minimum atomic E-state index is 1.01. The molecule has 0 saturated heterocycles. The van der Waals surface area contributed by atoms with Gasteiger partial charge < -0.3 is 0 Å². The van der Waals surface area contributed by atoms with Crippen LogP contribution >= 0.6 is 0 Å². The summed E-state index contributed by atoms with van der Waals surface area (Å²) in [6, 6.07) is 0. The average Bonchev–Trinajstić information content (AvgIpc) is 2.17. The summed E-state index contributed by atoms with van der Waals surface area (Å²) in [5, 5.41) is 0. The van der Waals surface area contributed by atoms with Crippen LogP contribution in [0.15, 0.2) is 0 Å². The summed E-state index contributed by atoms with van der Waals surface area (Å²) in [6.07, 6.45) is 13.5. The molecule has 0 heteroatoms. The van der Waals surface area contributed by atoms with Gasteiger partial charge >= 0.3 is 0 Å². The van der Waals surface area contributed by atoms with Gasteiger partial charge in [0.2, 0.25) is 0 Å². The van der Waals surface area contributed by atoms with Crippen LogP contribution in [0.25, 0.3) is 0 Å². The third-order valence-electron chi connectivity index (χ3n) is 2.90. The molecule has 79 valence electrons. The zero-order valence-electron chi connectivity index (χ0n) is 9.81. The van der Waals surface area contributed by atoms with Crippen LogP contribution in [-0.4, -0.2) is 0 Å². The maximum atomic E-state index is 2.34. The van der Waals surface area contributed by atoms with Gasteiger partial charge in [0.1, 0.15) is 0 Å². The Morgan fingerprint density at radius 3 is 2.23 bits per heavy atom. The molecule has 13 heavy (non-hydrogen) atoms. The van der Waals surface area contributed by atoms with Crippen molar-refractivity contribution in [2.24, 2.45) is 5.92 Å². The van der Waals surface area contributed by atoms with E-state index in [9.17, 15) is 0 Å². The quantitative estimate of drug-likeness (QED) is 0.442. The van der Waals surface area contributed by atoms with Gasteiger partial charge in [-0.1, -0.05) is 72.1 Å². The molecule has 0 aromatic rings. The maximum Gasteiger partial charge on any atom is -0.0417 e. The Morgan fingerprint density at radius 2 is 1.69 bits per heavy atom. The van der Waals surface area contributed by atoms with Gasteiger partial charge in [-0.2, -0.15) is 0 Å². The van der Waals surface area contributed by atoms with Crippen LogP contribution in [0.2, 0.25) is 0 Å². The van der Waals surface area contributed by atoms with E-state index in [1.807, 2.05) is 0 Å². The molecule has 0 rings (SSSR count). The smallest absolute Gasteiger partial charge is 0.0417 e. The first kappa shape index (κ1) is 13.0. The number of hydrogen-bond acceptors (Lipinski definition) is 0. The first-order valence-corrected chi connectivity index (χ1v) is 6.12. The largest absolute Gasteiger partial charge is 0.0654 e. The molecule has 1 radical (unpaired) electrons. The van der Waals surface area contributed by atoms with Crippen LogP contribution in [0.1, 0.15) is 72.1 Å². The van der Waals surface area contributed by atoms with Gasteiger partial charge in [0.05, 0.1) is 0 Å². The molecule has 0 saturated carbocycles. The van der Waals surface area contributed by atoms with E-state index < -0.39 is 0 Å². The molecule has 0 heterocycles. The fourth-order valence-electron chi connectivity index (χ4n) is 1.83. The summed E-state index contributed by atoms with van der Waals surface area (Å²) in [6.45, 7) is 6.79. The lowest BCUT2D eigenvalue weighted by atomic mass is 9.93. The third-order valence-corrected chi connectivity index (χ3v) is 2.90. The first-order chi connectivity index (χ1) is 6.35. The van der Waals surface area contributed by atoms with Gasteiger partial charge in [0, 0.05) is 0 Å². The summed E-state index contributed by atoms with van der Waals surface area (Å²) in [5.74, 6) is 1.01. The minimum absolute atomic E-state index is 1.01. The fraction of sp³-hybridized carbons (Fsp3) is 0.923. The van der Waals surface area contributed by atoms with Gasteiger partial charge in [-0.3, -0.25) is 0 Å². The molecule has 0 aromatic carbocycles. The maximum absolute atomic E-state index is 2.34. The van der Waals surface area contributed by atoms with Gasteiger partial charge in [-0.25, -0.2) is 0 Å². The lowest BCUT2D eigenvalue weighted by Crippen LogP contribution is -1.98.